The number of hydrogen-bond donors (Lipinski definition) is 1. The van der Waals surface area contributed by atoms with Crippen LogP contribution in [-0.4, -0.2) is 49.5 Å². The maximum atomic E-state index is 13.5. The van der Waals surface area contributed by atoms with Gasteiger partial charge in [-0.2, -0.15) is 0 Å². The minimum absolute atomic E-state index is 0.146. The molecule has 0 saturated carbocycles. The predicted molar refractivity (Wildman–Crippen MR) is 138 cm³/mol. The summed E-state index contributed by atoms with van der Waals surface area (Å²) in [7, 11) is -3.76. The lowest BCUT2D eigenvalue weighted by Gasteiger charge is -2.33. The highest BCUT2D eigenvalue weighted by Crippen LogP contribution is 2.23. The third-order valence-electron chi connectivity index (χ3n) is 4.68. The molecular weight excluding hydrogens is 574 g/mol. The van der Waals surface area contributed by atoms with Crippen LogP contribution in [0.4, 0.5) is 5.69 Å². The van der Waals surface area contributed by atoms with Crippen molar-refractivity contribution in [2.75, 3.05) is 17.1 Å². The molecule has 0 fully saturated rings. The standard InChI is InChI=1S/C23H29Br2N3O4S/c1-16(22(30)26-23(2,3)4)27(14-17-8-6-9-18(24)12-17)21(29)15-28(33(5,31)32)20-11-7-10-19(25)13-20/h6-13,16H,14-15H2,1-5H3,(H,26,30). The molecular formula is C23H29Br2N3O4S. The first kappa shape index (κ1) is 27.3. The topological polar surface area (TPSA) is 86.8 Å². The Labute approximate surface area is 212 Å². The van der Waals surface area contributed by atoms with Crippen molar-refractivity contribution in [3.63, 3.8) is 0 Å². The molecule has 0 aromatic heterocycles. The summed E-state index contributed by atoms with van der Waals surface area (Å²) in [6, 6.07) is 13.3. The summed E-state index contributed by atoms with van der Waals surface area (Å²) in [6.07, 6.45) is 1.05. The van der Waals surface area contributed by atoms with Crippen molar-refractivity contribution < 1.29 is 18.0 Å². The molecule has 1 unspecified atom stereocenters. The van der Waals surface area contributed by atoms with E-state index >= 15 is 0 Å². The van der Waals surface area contributed by atoms with E-state index in [1.54, 1.807) is 31.2 Å². The summed E-state index contributed by atoms with van der Waals surface area (Å²) in [6.45, 7) is 6.93. The predicted octanol–water partition coefficient (Wildman–Crippen LogP) is 4.31. The van der Waals surface area contributed by atoms with Crippen molar-refractivity contribution in [2.24, 2.45) is 0 Å². The van der Waals surface area contributed by atoms with Gasteiger partial charge in [0.1, 0.15) is 12.6 Å². The fraction of sp³-hybridized carbons (Fsp3) is 0.391. The van der Waals surface area contributed by atoms with Gasteiger partial charge in [0.05, 0.1) is 11.9 Å². The van der Waals surface area contributed by atoms with E-state index in [1.165, 1.54) is 4.90 Å². The Morgan fingerprint density at radius 1 is 1.03 bits per heavy atom. The van der Waals surface area contributed by atoms with Crippen LogP contribution in [0.15, 0.2) is 57.5 Å². The van der Waals surface area contributed by atoms with Crippen molar-refractivity contribution in [3.05, 3.63) is 63.0 Å². The maximum Gasteiger partial charge on any atom is 0.244 e. The Morgan fingerprint density at radius 3 is 2.12 bits per heavy atom. The number of hydrogen-bond acceptors (Lipinski definition) is 4. The van der Waals surface area contributed by atoms with Crippen LogP contribution in [0, 0.1) is 0 Å². The summed E-state index contributed by atoms with van der Waals surface area (Å²) in [5.74, 6) is -0.809. The number of sulfonamides is 1. The lowest BCUT2D eigenvalue weighted by atomic mass is 10.1. The van der Waals surface area contributed by atoms with Crippen molar-refractivity contribution in [3.8, 4) is 0 Å². The monoisotopic (exact) mass is 601 g/mol. The first-order chi connectivity index (χ1) is 15.2. The van der Waals surface area contributed by atoms with Gasteiger partial charge in [0, 0.05) is 21.0 Å². The molecule has 0 radical (unpaired) electrons. The molecule has 2 aromatic carbocycles. The van der Waals surface area contributed by atoms with Crippen LogP contribution in [0.3, 0.4) is 0 Å². The number of rotatable bonds is 8. The number of amides is 2. The fourth-order valence-corrected chi connectivity index (χ4v) is 4.81. The van der Waals surface area contributed by atoms with Crippen LogP contribution in [0.2, 0.25) is 0 Å². The minimum atomic E-state index is -3.76. The van der Waals surface area contributed by atoms with E-state index in [-0.39, 0.29) is 12.5 Å². The molecule has 2 amide bonds. The zero-order chi connectivity index (χ0) is 25.0. The highest BCUT2D eigenvalue weighted by atomic mass is 79.9. The highest BCUT2D eigenvalue weighted by Gasteiger charge is 2.31. The minimum Gasteiger partial charge on any atom is -0.350 e. The molecule has 2 aromatic rings. The molecule has 0 aliphatic carbocycles. The van der Waals surface area contributed by atoms with Crippen LogP contribution in [0.25, 0.3) is 0 Å². The van der Waals surface area contributed by atoms with E-state index in [1.807, 2.05) is 45.0 Å². The molecule has 33 heavy (non-hydrogen) atoms. The number of carbonyl (C=O) groups excluding carboxylic acids is 2. The zero-order valence-electron chi connectivity index (χ0n) is 19.3. The van der Waals surface area contributed by atoms with Crippen molar-refractivity contribution in [1.29, 1.82) is 0 Å². The molecule has 1 atom stereocenters. The average molecular weight is 603 g/mol. The van der Waals surface area contributed by atoms with E-state index in [0.29, 0.717) is 10.2 Å². The van der Waals surface area contributed by atoms with E-state index in [2.05, 4.69) is 37.2 Å². The van der Waals surface area contributed by atoms with Gasteiger partial charge in [-0.3, -0.25) is 13.9 Å². The Balaban J connectivity index is 2.41. The number of benzene rings is 2. The van der Waals surface area contributed by atoms with Gasteiger partial charge in [0.25, 0.3) is 0 Å². The Hall–Kier alpha value is -1.91. The normalized spacial score (nSPS) is 12.7. The van der Waals surface area contributed by atoms with Gasteiger partial charge in [-0.05, 0) is 63.6 Å². The Kier molecular flexibility index (Phi) is 9.12. The molecule has 7 nitrogen and oxygen atoms in total. The molecule has 1 N–H and O–H groups in total. The summed E-state index contributed by atoms with van der Waals surface area (Å²) < 4.78 is 27.7. The molecule has 0 saturated heterocycles. The quantitative estimate of drug-likeness (QED) is 0.488. The van der Waals surface area contributed by atoms with Crippen molar-refractivity contribution in [2.45, 2.75) is 45.8 Å². The number of carbonyl (C=O) groups is 2. The molecule has 0 spiro atoms. The van der Waals surface area contributed by atoms with Crippen LogP contribution in [0.1, 0.15) is 33.3 Å². The molecule has 0 heterocycles. The number of nitrogens with zero attached hydrogens (tertiary/aromatic N) is 2. The summed E-state index contributed by atoms with van der Waals surface area (Å²) >= 11 is 6.76. The van der Waals surface area contributed by atoms with E-state index in [9.17, 15) is 18.0 Å². The number of halogens is 2. The van der Waals surface area contributed by atoms with E-state index in [4.69, 9.17) is 0 Å². The first-order valence-corrected chi connectivity index (χ1v) is 13.7. The second-order valence-corrected chi connectivity index (χ2v) is 12.6. The van der Waals surface area contributed by atoms with Crippen LogP contribution in [0.5, 0.6) is 0 Å². The fourth-order valence-electron chi connectivity index (χ4n) is 3.13. The van der Waals surface area contributed by atoms with Gasteiger partial charge in [-0.1, -0.05) is 50.1 Å². The smallest absolute Gasteiger partial charge is 0.244 e. The van der Waals surface area contributed by atoms with Crippen molar-refractivity contribution in [1.82, 2.24) is 10.2 Å². The second kappa shape index (κ2) is 11.0. The van der Waals surface area contributed by atoms with Gasteiger partial charge < -0.3 is 10.2 Å². The first-order valence-electron chi connectivity index (χ1n) is 10.3. The maximum absolute atomic E-state index is 13.5. The number of anilines is 1. The van der Waals surface area contributed by atoms with Gasteiger partial charge in [-0.15, -0.1) is 0 Å². The Morgan fingerprint density at radius 2 is 1.61 bits per heavy atom. The van der Waals surface area contributed by atoms with Gasteiger partial charge in [0.15, 0.2) is 0 Å². The number of nitrogens with one attached hydrogen (secondary N) is 1. The van der Waals surface area contributed by atoms with E-state index in [0.717, 1.165) is 20.6 Å². The lowest BCUT2D eigenvalue weighted by molar-refractivity contribution is -0.140. The third kappa shape index (κ3) is 8.42. The average Bonchev–Trinajstić information content (AvgIpc) is 2.67. The highest BCUT2D eigenvalue weighted by molar-refractivity contribution is 9.10. The molecule has 0 aliphatic heterocycles. The van der Waals surface area contributed by atoms with Crippen LogP contribution in [-0.2, 0) is 26.2 Å². The zero-order valence-corrected chi connectivity index (χ0v) is 23.3. The van der Waals surface area contributed by atoms with E-state index < -0.39 is 34.1 Å². The van der Waals surface area contributed by atoms with Gasteiger partial charge in [0.2, 0.25) is 21.8 Å². The van der Waals surface area contributed by atoms with Gasteiger partial charge in [-0.25, -0.2) is 8.42 Å². The molecule has 10 heteroatoms. The SMILES string of the molecule is CC(C(=O)NC(C)(C)C)N(Cc1cccc(Br)c1)C(=O)CN(c1cccc(Br)c1)S(C)(=O)=O. The van der Waals surface area contributed by atoms with Crippen molar-refractivity contribution >= 4 is 59.4 Å². The van der Waals surface area contributed by atoms with Crippen LogP contribution < -0.4 is 9.62 Å². The summed E-state index contributed by atoms with van der Waals surface area (Å²) in [5.41, 5.74) is 0.682. The summed E-state index contributed by atoms with van der Waals surface area (Å²) in [4.78, 5) is 27.8. The molecule has 0 aliphatic rings. The molecule has 180 valence electrons. The largest absolute Gasteiger partial charge is 0.350 e. The molecule has 0 bridgehead atoms. The summed E-state index contributed by atoms with van der Waals surface area (Å²) in [5, 5.41) is 2.89. The lowest BCUT2D eigenvalue weighted by Crippen LogP contribution is -2.54. The third-order valence-corrected chi connectivity index (χ3v) is 6.81. The Bertz CT molecular complexity index is 1120. The molecule has 2 rings (SSSR count). The second-order valence-electron chi connectivity index (χ2n) is 8.82. The van der Waals surface area contributed by atoms with Crippen LogP contribution >= 0.6 is 31.9 Å². The van der Waals surface area contributed by atoms with Gasteiger partial charge >= 0.3 is 0 Å².